The van der Waals surface area contributed by atoms with Gasteiger partial charge < -0.3 is 24.6 Å². The number of ether oxygens (including phenoxy) is 2. The molecule has 2 aromatic rings. The Bertz CT molecular complexity index is 1390. The van der Waals surface area contributed by atoms with Crippen molar-refractivity contribution in [2.24, 2.45) is 17.8 Å². The zero-order valence-electron chi connectivity index (χ0n) is 24.2. The lowest BCUT2D eigenvalue weighted by Crippen LogP contribution is -2.50. The molecule has 1 saturated carbocycles. The number of aliphatic hydroxyl groups is 1. The first kappa shape index (κ1) is 29.1. The molecule has 0 amide bonds. The Balaban J connectivity index is 1.26. The van der Waals surface area contributed by atoms with Crippen LogP contribution < -0.4 is 9.64 Å². The summed E-state index contributed by atoms with van der Waals surface area (Å²) in [6.07, 6.45) is 8.49. The zero-order chi connectivity index (χ0) is 29.4. The number of esters is 1. The molecule has 2 aromatic carbocycles. The number of benzene rings is 2. The van der Waals surface area contributed by atoms with Crippen LogP contribution in [0.3, 0.4) is 0 Å². The van der Waals surface area contributed by atoms with E-state index in [0.29, 0.717) is 51.3 Å². The van der Waals surface area contributed by atoms with E-state index in [1.807, 2.05) is 13.0 Å². The molecule has 3 aliphatic carbocycles. The Morgan fingerprint density at radius 1 is 1.17 bits per heavy atom. The van der Waals surface area contributed by atoms with E-state index >= 15 is 0 Å². The van der Waals surface area contributed by atoms with Crippen LogP contribution in [0, 0.1) is 17.8 Å². The molecule has 0 radical (unpaired) electrons. The van der Waals surface area contributed by atoms with Crippen molar-refractivity contribution in [3.05, 3.63) is 69.8 Å². The first-order chi connectivity index (χ1) is 20.3. The Hall–Kier alpha value is -3.03. The second kappa shape index (κ2) is 11.9. The van der Waals surface area contributed by atoms with Crippen molar-refractivity contribution in [3.63, 3.8) is 0 Å². The molecule has 5 atom stereocenters. The average molecular weight is 594 g/mol. The number of aliphatic hydroxyl groups excluding tert-OH is 1. The molecule has 4 aliphatic rings. The van der Waals surface area contributed by atoms with Gasteiger partial charge in [0.1, 0.15) is 5.75 Å². The van der Waals surface area contributed by atoms with E-state index in [4.69, 9.17) is 21.1 Å². The summed E-state index contributed by atoms with van der Waals surface area (Å²) in [5.41, 5.74) is 4.37. The van der Waals surface area contributed by atoms with E-state index in [-0.39, 0.29) is 34.7 Å². The fourth-order valence-corrected chi connectivity index (χ4v) is 7.83. The smallest absolute Gasteiger partial charge is 0.335 e. The van der Waals surface area contributed by atoms with Crippen molar-refractivity contribution in [3.8, 4) is 5.75 Å². The number of carbonyl (C=O) groups is 2. The average Bonchev–Trinajstić information content (AvgIpc) is 3.12. The SMILES string of the molecule is CCOC(=O)[C@H]1CC=C(C(O)[C@@H]2CC[C@H]2CN2CC3(CCCc4cc(Cl)ccc43)COc3ccc(C(=O)O)cc32)CC1. The first-order valence-corrected chi connectivity index (χ1v) is 15.7. The summed E-state index contributed by atoms with van der Waals surface area (Å²) in [4.78, 5) is 26.5. The van der Waals surface area contributed by atoms with E-state index in [1.165, 1.54) is 11.1 Å². The second-order valence-electron chi connectivity index (χ2n) is 12.5. The predicted molar refractivity (Wildman–Crippen MR) is 161 cm³/mol. The lowest BCUT2D eigenvalue weighted by Gasteiger charge is -2.46. The number of carboxylic acid groups (broad SMARTS) is 1. The molecule has 224 valence electrons. The quantitative estimate of drug-likeness (QED) is 0.292. The molecule has 0 saturated heterocycles. The molecule has 8 heteroatoms. The topological polar surface area (TPSA) is 96.3 Å². The molecule has 7 nitrogen and oxygen atoms in total. The van der Waals surface area contributed by atoms with Crippen molar-refractivity contribution < 1.29 is 29.3 Å². The molecule has 2 unspecified atom stereocenters. The van der Waals surface area contributed by atoms with Gasteiger partial charge in [-0.1, -0.05) is 23.7 Å². The third-order valence-corrected chi connectivity index (χ3v) is 10.3. The van der Waals surface area contributed by atoms with Gasteiger partial charge in [0.15, 0.2) is 0 Å². The zero-order valence-corrected chi connectivity index (χ0v) is 24.9. The summed E-state index contributed by atoms with van der Waals surface area (Å²) in [6, 6.07) is 11.3. The highest BCUT2D eigenvalue weighted by Gasteiger charge is 2.45. The molecular formula is C34H40ClNO6. The summed E-state index contributed by atoms with van der Waals surface area (Å²) in [6.45, 7) is 4.15. The van der Waals surface area contributed by atoms with Crippen molar-refractivity contribution >= 4 is 29.2 Å². The first-order valence-electron chi connectivity index (χ1n) is 15.4. The van der Waals surface area contributed by atoms with Gasteiger partial charge in [-0.15, -0.1) is 0 Å². The Labute approximate surface area is 252 Å². The number of rotatable bonds is 7. The van der Waals surface area contributed by atoms with Gasteiger partial charge in [0.25, 0.3) is 0 Å². The van der Waals surface area contributed by atoms with Gasteiger partial charge in [-0.3, -0.25) is 4.79 Å². The van der Waals surface area contributed by atoms with E-state index in [1.54, 1.807) is 18.2 Å². The van der Waals surface area contributed by atoms with Crippen molar-refractivity contribution in [2.75, 3.05) is 31.2 Å². The minimum atomic E-state index is -0.961. The number of aryl methyl sites for hydroxylation is 1. The monoisotopic (exact) mass is 593 g/mol. The van der Waals surface area contributed by atoms with Gasteiger partial charge in [-0.05, 0) is 117 Å². The Morgan fingerprint density at radius 3 is 2.74 bits per heavy atom. The molecule has 0 bridgehead atoms. The normalized spacial score (nSPS) is 27.5. The molecule has 1 spiro atoms. The molecule has 1 heterocycles. The Kier molecular flexibility index (Phi) is 8.25. The lowest BCUT2D eigenvalue weighted by molar-refractivity contribution is -0.148. The van der Waals surface area contributed by atoms with Crippen LogP contribution >= 0.6 is 11.6 Å². The van der Waals surface area contributed by atoms with E-state index in [2.05, 4.69) is 23.1 Å². The fraction of sp³-hybridized carbons (Fsp3) is 0.529. The molecule has 2 N–H and O–H groups in total. The van der Waals surface area contributed by atoms with Gasteiger partial charge in [-0.2, -0.15) is 0 Å². The predicted octanol–water partition coefficient (Wildman–Crippen LogP) is 6.19. The van der Waals surface area contributed by atoms with Crippen LogP contribution in [-0.4, -0.2) is 54.6 Å². The van der Waals surface area contributed by atoms with Crippen molar-refractivity contribution in [2.45, 2.75) is 69.8 Å². The Morgan fingerprint density at radius 2 is 2.02 bits per heavy atom. The fourth-order valence-electron chi connectivity index (χ4n) is 7.64. The van der Waals surface area contributed by atoms with E-state index in [0.717, 1.165) is 48.4 Å². The van der Waals surface area contributed by atoms with Crippen LogP contribution in [-0.2, 0) is 21.4 Å². The van der Waals surface area contributed by atoms with Crippen molar-refractivity contribution in [1.82, 2.24) is 0 Å². The van der Waals surface area contributed by atoms with Gasteiger partial charge in [0.2, 0.25) is 0 Å². The number of hydrogen-bond acceptors (Lipinski definition) is 6. The van der Waals surface area contributed by atoms with Crippen LogP contribution in [0.2, 0.25) is 5.02 Å². The molecule has 0 aromatic heterocycles. The van der Waals surface area contributed by atoms with Crippen LogP contribution in [0.4, 0.5) is 5.69 Å². The maximum absolute atomic E-state index is 12.2. The maximum atomic E-state index is 12.2. The lowest BCUT2D eigenvalue weighted by atomic mass is 9.67. The van der Waals surface area contributed by atoms with Crippen molar-refractivity contribution in [1.29, 1.82) is 0 Å². The van der Waals surface area contributed by atoms with E-state index < -0.39 is 12.1 Å². The van der Waals surface area contributed by atoms with Gasteiger partial charge in [0.05, 0.1) is 36.5 Å². The number of fused-ring (bicyclic) bond motifs is 3. The third kappa shape index (κ3) is 5.53. The highest BCUT2D eigenvalue weighted by molar-refractivity contribution is 6.30. The summed E-state index contributed by atoms with van der Waals surface area (Å²) >= 11 is 6.38. The van der Waals surface area contributed by atoms with Crippen LogP contribution in [0.5, 0.6) is 5.75 Å². The summed E-state index contributed by atoms with van der Waals surface area (Å²) in [5.74, 6) is -0.148. The number of anilines is 1. The van der Waals surface area contributed by atoms with Crippen LogP contribution in [0.1, 0.15) is 73.4 Å². The number of allylic oxidation sites excluding steroid dienone is 1. The summed E-state index contributed by atoms with van der Waals surface area (Å²) in [7, 11) is 0. The number of halogens is 1. The number of carboxylic acids is 1. The molecule has 1 aliphatic heterocycles. The van der Waals surface area contributed by atoms with E-state index in [9.17, 15) is 19.8 Å². The highest BCUT2D eigenvalue weighted by atomic mass is 35.5. The third-order valence-electron chi connectivity index (χ3n) is 10.1. The largest absolute Gasteiger partial charge is 0.490 e. The maximum Gasteiger partial charge on any atom is 0.335 e. The van der Waals surface area contributed by atoms with Gasteiger partial charge in [0, 0.05) is 23.5 Å². The molecule has 1 fully saturated rings. The summed E-state index contributed by atoms with van der Waals surface area (Å²) < 4.78 is 11.7. The van der Waals surface area contributed by atoms with Crippen LogP contribution in [0.15, 0.2) is 48.0 Å². The number of hydrogen-bond donors (Lipinski definition) is 2. The van der Waals surface area contributed by atoms with Gasteiger partial charge in [-0.25, -0.2) is 4.79 Å². The number of carbonyl (C=O) groups excluding carboxylic acids is 1. The van der Waals surface area contributed by atoms with Gasteiger partial charge >= 0.3 is 11.9 Å². The molecule has 42 heavy (non-hydrogen) atoms. The standard InChI is InChI=1S/C34H40ClNO6/c1-2-41-33(40)22-7-5-21(6-8-22)31(37)27-12-9-25(27)18-36-19-34(15-3-4-23-16-26(35)11-13-28(23)34)20-42-30-14-10-24(32(38)39)17-29(30)36/h5,10-11,13-14,16-17,22,25,27,31,37H,2-4,6-9,12,15,18-20H2,1H3,(H,38,39)/t22-,25-,27+,31?,34?/m0/s1. The summed E-state index contributed by atoms with van der Waals surface area (Å²) in [5, 5.41) is 22.0. The minimum Gasteiger partial charge on any atom is -0.490 e. The molecular weight excluding hydrogens is 554 g/mol. The molecule has 6 rings (SSSR count). The number of nitrogens with zero attached hydrogens (tertiary/aromatic N) is 1. The second-order valence-corrected chi connectivity index (χ2v) is 13.0. The van der Waals surface area contributed by atoms with Crippen LogP contribution in [0.25, 0.3) is 0 Å². The highest BCUT2D eigenvalue weighted by Crippen LogP contribution is 2.47. The number of aromatic carboxylic acids is 1. The minimum absolute atomic E-state index is 0.124.